The van der Waals surface area contributed by atoms with Gasteiger partial charge in [0, 0.05) is 35.8 Å². The van der Waals surface area contributed by atoms with E-state index in [0.717, 1.165) is 15.6 Å². The lowest BCUT2D eigenvalue weighted by Gasteiger charge is -2.08. The van der Waals surface area contributed by atoms with Gasteiger partial charge in [-0.05, 0) is 52.2 Å². The van der Waals surface area contributed by atoms with Crippen molar-refractivity contribution in [3.63, 3.8) is 0 Å². The summed E-state index contributed by atoms with van der Waals surface area (Å²) in [6.45, 7) is 2.55. The second-order valence-electron chi connectivity index (χ2n) is 5.45. The molecule has 0 bridgehead atoms. The Labute approximate surface area is 153 Å². The van der Waals surface area contributed by atoms with Crippen LogP contribution in [0.25, 0.3) is 0 Å². The minimum absolute atomic E-state index is 0.261. The predicted molar refractivity (Wildman–Crippen MR) is 100 cm³/mol. The summed E-state index contributed by atoms with van der Waals surface area (Å²) in [6, 6.07) is 9.55. The van der Waals surface area contributed by atoms with Crippen molar-refractivity contribution in [2.45, 2.75) is 13.5 Å². The molecule has 7 heteroatoms. The first-order valence-corrected chi connectivity index (χ1v) is 8.43. The molecule has 0 aliphatic heterocycles. The zero-order chi connectivity index (χ0) is 17.6. The average molecular weight is 398 g/mol. The van der Waals surface area contributed by atoms with E-state index in [1.807, 2.05) is 37.3 Å². The van der Waals surface area contributed by atoms with Crippen LogP contribution in [0.5, 0.6) is 0 Å². The molecular weight excluding hydrogens is 382 g/mol. The van der Waals surface area contributed by atoms with Crippen LogP contribution in [0, 0.1) is 6.92 Å². The molecule has 0 spiro atoms. The van der Waals surface area contributed by atoms with Crippen molar-refractivity contribution in [1.82, 2.24) is 15.0 Å². The smallest absolute Gasteiger partial charge is 0.258 e. The Hall–Kier alpha value is -2.80. The van der Waals surface area contributed by atoms with Crippen molar-refractivity contribution < 1.29 is 4.79 Å². The summed E-state index contributed by atoms with van der Waals surface area (Å²) < 4.78 is 0.830. The minimum Gasteiger partial charge on any atom is -0.350 e. The van der Waals surface area contributed by atoms with Gasteiger partial charge in [0.2, 0.25) is 5.95 Å². The van der Waals surface area contributed by atoms with Crippen LogP contribution < -0.4 is 10.6 Å². The van der Waals surface area contributed by atoms with Gasteiger partial charge in [-0.25, -0.2) is 9.97 Å². The molecule has 0 saturated carbocycles. The summed E-state index contributed by atoms with van der Waals surface area (Å²) in [5, 5.41) is 5.93. The highest BCUT2D eigenvalue weighted by Gasteiger charge is 2.10. The Morgan fingerprint density at radius 1 is 1.16 bits per heavy atom. The minimum atomic E-state index is -0.261. The van der Waals surface area contributed by atoms with Crippen molar-refractivity contribution in [1.29, 1.82) is 0 Å². The van der Waals surface area contributed by atoms with E-state index in [4.69, 9.17) is 0 Å². The molecular formula is C18H16BrN5O. The summed E-state index contributed by atoms with van der Waals surface area (Å²) in [5.74, 6) is 0.195. The highest BCUT2D eigenvalue weighted by Crippen LogP contribution is 2.23. The lowest BCUT2D eigenvalue weighted by molar-refractivity contribution is 0.102. The number of hydrogen-bond donors (Lipinski definition) is 2. The first kappa shape index (κ1) is 17.0. The molecule has 1 amide bonds. The molecule has 1 aromatic carbocycles. The van der Waals surface area contributed by atoms with E-state index in [2.05, 4.69) is 41.5 Å². The number of benzene rings is 1. The number of pyridine rings is 1. The third-order valence-corrected chi connectivity index (χ3v) is 4.12. The van der Waals surface area contributed by atoms with Gasteiger partial charge in [-0.2, -0.15) is 0 Å². The van der Waals surface area contributed by atoms with Gasteiger partial charge in [0.15, 0.2) is 0 Å². The van der Waals surface area contributed by atoms with E-state index in [1.165, 1.54) is 12.4 Å². The molecule has 2 N–H and O–H groups in total. The van der Waals surface area contributed by atoms with Crippen LogP contribution in [0.15, 0.2) is 59.6 Å². The fourth-order valence-corrected chi connectivity index (χ4v) is 2.73. The van der Waals surface area contributed by atoms with Crippen molar-refractivity contribution in [3.8, 4) is 0 Å². The lowest BCUT2D eigenvalue weighted by atomic mass is 10.2. The molecule has 0 saturated heterocycles. The number of halogens is 1. The van der Waals surface area contributed by atoms with Crippen LogP contribution in [0.3, 0.4) is 0 Å². The molecule has 0 aliphatic carbocycles. The maximum Gasteiger partial charge on any atom is 0.258 e. The van der Waals surface area contributed by atoms with E-state index >= 15 is 0 Å². The van der Waals surface area contributed by atoms with Gasteiger partial charge in [0.05, 0.1) is 11.3 Å². The number of aromatic nitrogens is 3. The summed E-state index contributed by atoms with van der Waals surface area (Å²) >= 11 is 3.44. The monoisotopic (exact) mass is 397 g/mol. The van der Waals surface area contributed by atoms with E-state index in [-0.39, 0.29) is 5.91 Å². The average Bonchev–Trinajstić information content (AvgIpc) is 2.63. The number of rotatable bonds is 5. The zero-order valence-corrected chi connectivity index (χ0v) is 15.1. The van der Waals surface area contributed by atoms with Crippen molar-refractivity contribution in [3.05, 3.63) is 76.3 Å². The van der Waals surface area contributed by atoms with E-state index in [0.29, 0.717) is 23.7 Å². The molecule has 3 rings (SSSR count). The fourth-order valence-electron chi connectivity index (χ4n) is 2.14. The van der Waals surface area contributed by atoms with Gasteiger partial charge in [-0.3, -0.25) is 9.78 Å². The highest BCUT2D eigenvalue weighted by molar-refractivity contribution is 9.10. The van der Waals surface area contributed by atoms with Crippen molar-refractivity contribution >= 4 is 33.5 Å². The standard InChI is InChI=1S/C18H16BrN5O/c1-12-4-5-16(15(19)7-12)24-17(25)14-10-22-18(23-11-14)21-9-13-3-2-6-20-8-13/h2-8,10-11H,9H2,1H3,(H,24,25)(H,21,22,23). The number of carbonyl (C=O) groups is 1. The Morgan fingerprint density at radius 3 is 2.64 bits per heavy atom. The molecule has 0 fully saturated rings. The van der Waals surface area contributed by atoms with Crippen LogP contribution >= 0.6 is 15.9 Å². The maximum atomic E-state index is 12.3. The topological polar surface area (TPSA) is 79.8 Å². The lowest BCUT2D eigenvalue weighted by Crippen LogP contribution is -2.14. The molecule has 0 atom stereocenters. The van der Waals surface area contributed by atoms with Crippen LogP contribution in [0.4, 0.5) is 11.6 Å². The summed E-state index contributed by atoms with van der Waals surface area (Å²) in [6.07, 6.45) is 6.49. The molecule has 25 heavy (non-hydrogen) atoms. The summed E-state index contributed by atoms with van der Waals surface area (Å²) in [5.41, 5.74) is 3.23. The van der Waals surface area contributed by atoms with Crippen LogP contribution in [-0.2, 0) is 6.54 Å². The molecule has 0 unspecified atom stereocenters. The Balaban J connectivity index is 1.62. The number of anilines is 2. The van der Waals surface area contributed by atoms with Gasteiger partial charge < -0.3 is 10.6 Å². The van der Waals surface area contributed by atoms with Gasteiger partial charge >= 0.3 is 0 Å². The maximum absolute atomic E-state index is 12.3. The Bertz CT molecular complexity index is 868. The molecule has 2 aromatic heterocycles. The van der Waals surface area contributed by atoms with Crippen molar-refractivity contribution in [2.75, 3.05) is 10.6 Å². The second-order valence-corrected chi connectivity index (χ2v) is 6.30. The van der Waals surface area contributed by atoms with Crippen LogP contribution in [0.2, 0.25) is 0 Å². The first-order chi connectivity index (χ1) is 12.1. The quantitative estimate of drug-likeness (QED) is 0.684. The first-order valence-electron chi connectivity index (χ1n) is 7.64. The van der Waals surface area contributed by atoms with Gasteiger partial charge in [-0.1, -0.05) is 12.1 Å². The number of amides is 1. The van der Waals surface area contributed by atoms with Gasteiger partial charge in [-0.15, -0.1) is 0 Å². The third-order valence-electron chi connectivity index (χ3n) is 3.46. The Morgan fingerprint density at radius 2 is 1.96 bits per heavy atom. The normalized spacial score (nSPS) is 10.3. The summed E-state index contributed by atoms with van der Waals surface area (Å²) in [7, 11) is 0. The number of nitrogens with one attached hydrogen (secondary N) is 2. The SMILES string of the molecule is Cc1ccc(NC(=O)c2cnc(NCc3cccnc3)nc2)c(Br)c1. The van der Waals surface area contributed by atoms with E-state index in [9.17, 15) is 4.79 Å². The summed E-state index contributed by atoms with van der Waals surface area (Å²) in [4.78, 5) is 24.7. The van der Waals surface area contributed by atoms with Gasteiger partial charge in [0.25, 0.3) is 5.91 Å². The molecule has 0 aliphatic rings. The second kappa shape index (κ2) is 7.85. The predicted octanol–water partition coefficient (Wildman–Crippen LogP) is 3.81. The zero-order valence-electron chi connectivity index (χ0n) is 13.5. The fraction of sp³-hybridized carbons (Fsp3) is 0.111. The van der Waals surface area contributed by atoms with E-state index < -0.39 is 0 Å². The molecule has 0 radical (unpaired) electrons. The number of nitrogens with zero attached hydrogens (tertiary/aromatic N) is 3. The highest BCUT2D eigenvalue weighted by atomic mass is 79.9. The number of aryl methyl sites for hydroxylation is 1. The molecule has 3 aromatic rings. The number of hydrogen-bond acceptors (Lipinski definition) is 5. The number of carbonyl (C=O) groups excluding carboxylic acids is 1. The molecule has 2 heterocycles. The van der Waals surface area contributed by atoms with Crippen LogP contribution in [-0.4, -0.2) is 20.9 Å². The largest absolute Gasteiger partial charge is 0.350 e. The molecule has 6 nitrogen and oxygen atoms in total. The Kier molecular flexibility index (Phi) is 5.35. The van der Waals surface area contributed by atoms with Crippen LogP contribution in [0.1, 0.15) is 21.5 Å². The van der Waals surface area contributed by atoms with Gasteiger partial charge in [0.1, 0.15) is 0 Å². The van der Waals surface area contributed by atoms with E-state index in [1.54, 1.807) is 12.4 Å². The third kappa shape index (κ3) is 4.60. The molecule has 126 valence electrons. The van der Waals surface area contributed by atoms with Crippen molar-refractivity contribution in [2.24, 2.45) is 0 Å².